The number of rotatable bonds is 4. The summed E-state index contributed by atoms with van der Waals surface area (Å²) in [6.45, 7) is 9.18. The van der Waals surface area contributed by atoms with E-state index in [1.165, 1.54) is 0 Å². The number of urea groups is 1. The summed E-state index contributed by atoms with van der Waals surface area (Å²) in [5.41, 5.74) is 1.80. The maximum absolute atomic E-state index is 12.6. The second-order valence-electron chi connectivity index (χ2n) is 6.37. The minimum Gasteiger partial charge on any atom is -0.334 e. The highest BCUT2D eigenvalue weighted by Gasteiger charge is 2.20. The Kier molecular flexibility index (Phi) is 5.65. The standard InChI is InChI=1S/C18H26N6O/c1-3-23-10-7-20-17(23)14-22-8-4-9-24(12-11-22)18(25)21-16-5-6-19-13-15(16)2/h5-7,10,13H,3-4,8-9,11-12,14H2,1-2H3,(H,19,21,25). The average Bonchev–Trinajstić information content (AvgIpc) is 2.92. The van der Waals surface area contributed by atoms with Crippen molar-refractivity contribution < 1.29 is 4.79 Å². The molecule has 2 amide bonds. The molecule has 2 aromatic heterocycles. The Hall–Kier alpha value is -2.41. The molecule has 0 radical (unpaired) electrons. The van der Waals surface area contributed by atoms with Crippen LogP contribution >= 0.6 is 0 Å². The zero-order valence-corrected chi connectivity index (χ0v) is 15.0. The number of hydrogen-bond donors (Lipinski definition) is 1. The predicted molar refractivity (Wildman–Crippen MR) is 97.4 cm³/mol. The van der Waals surface area contributed by atoms with Crippen LogP contribution < -0.4 is 5.32 Å². The average molecular weight is 342 g/mol. The molecule has 3 heterocycles. The monoisotopic (exact) mass is 342 g/mol. The van der Waals surface area contributed by atoms with Crippen molar-refractivity contribution in [2.75, 3.05) is 31.5 Å². The molecular formula is C18H26N6O. The van der Waals surface area contributed by atoms with Crippen LogP contribution in [0.1, 0.15) is 24.7 Å². The lowest BCUT2D eigenvalue weighted by Crippen LogP contribution is -2.38. The first-order valence-electron chi connectivity index (χ1n) is 8.86. The van der Waals surface area contributed by atoms with Crippen molar-refractivity contribution in [3.63, 3.8) is 0 Å². The van der Waals surface area contributed by atoms with E-state index in [2.05, 4.69) is 31.7 Å². The van der Waals surface area contributed by atoms with Gasteiger partial charge in [0.25, 0.3) is 0 Å². The number of amides is 2. The second kappa shape index (κ2) is 8.11. The van der Waals surface area contributed by atoms with Crippen LogP contribution in [-0.4, -0.2) is 56.5 Å². The molecule has 134 valence electrons. The van der Waals surface area contributed by atoms with Gasteiger partial charge in [-0.2, -0.15) is 0 Å². The first-order valence-corrected chi connectivity index (χ1v) is 8.86. The van der Waals surface area contributed by atoms with E-state index in [0.717, 1.165) is 62.8 Å². The summed E-state index contributed by atoms with van der Waals surface area (Å²) in [6.07, 6.45) is 8.30. The molecule has 1 aliphatic rings. The van der Waals surface area contributed by atoms with E-state index in [0.29, 0.717) is 0 Å². The third-order valence-corrected chi connectivity index (χ3v) is 4.65. The lowest BCUT2D eigenvalue weighted by molar-refractivity contribution is 0.210. The van der Waals surface area contributed by atoms with Crippen LogP contribution in [0, 0.1) is 6.92 Å². The number of aromatic nitrogens is 3. The number of carbonyl (C=O) groups excluding carboxylic acids is 1. The van der Waals surface area contributed by atoms with Crippen LogP contribution in [0.5, 0.6) is 0 Å². The van der Waals surface area contributed by atoms with Crippen LogP contribution in [0.2, 0.25) is 0 Å². The quantitative estimate of drug-likeness (QED) is 0.926. The van der Waals surface area contributed by atoms with E-state index in [1.54, 1.807) is 12.4 Å². The van der Waals surface area contributed by atoms with E-state index < -0.39 is 0 Å². The summed E-state index contributed by atoms with van der Waals surface area (Å²) >= 11 is 0. The van der Waals surface area contributed by atoms with E-state index in [9.17, 15) is 4.79 Å². The van der Waals surface area contributed by atoms with Crippen LogP contribution in [0.15, 0.2) is 30.9 Å². The summed E-state index contributed by atoms with van der Waals surface area (Å²) in [5.74, 6) is 1.09. The van der Waals surface area contributed by atoms with Crippen molar-refractivity contribution in [3.8, 4) is 0 Å². The van der Waals surface area contributed by atoms with Gasteiger partial charge in [-0.1, -0.05) is 0 Å². The van der Waals surface area contributed by atoms with Gasteiger partial charge >= 0.3 is 6.03 Å². The number of carbonyl (C=O) groups is 1. The molecule has 25 heavy (non-hydrogen) atoms. The van der Waals surface area contributed by atoms with Crippen molar-refractivity contribution in [3.05, 3.63) is 42.2 Å². The van der Waals surface area contributed by atoms with Crippen LogP contribution in [0.3, 0.4) is 0 Å². The smallest absolute Gasteiger partial charge is 0.321 e. The summed E-state index contributed by atoms with van der Waals surface area (Å²) in [5, 5.41) is 3.00. The molecule has 0 bridgehead atoms. The highest BCUT2D eigenvalue weighted by Crippen LogP contribution is 2.14. The van der Waals surface area contributed by atoms with Gasteiger partial charge in [-0.15, -0.1) is 0 Å². The van der Waals surface area contributed by atoms with E-state index in [4.69, 9.17) is 0 Å². The van der Waals surface area contributed by atoms with Gasteiger partial charge < -0.3 is 14.8 Å². The van der Waals surface area contributed by atoms with Gasteiger partial charge in [0.15, 0.2) is 0 Å². The molecule has 1 fully saturated rings. The second-order valence-corrected chi connectivity index (χ2v) is 6.37. The Morgan fingerprint density at radius 1 is 1.24 bits per heavy atom. The molecule has 0 aliphatic carbocycles. The fourth-order valence-corrected chi connectivity index (χ4v) is 3.12. The van der Waals surface area contributed by atoms with Crippen molar-refractivity contribution in [1.29, 1.82) is 0 Å². The number of anilines is 1. The Balaban J connectivity index is 1.56. The van der Waals surface area contributed by atoms with Gasteiger partial charge in [0.1, 0.15) is 5.82 Å². The highest BCUT2D eigenvalue weighted by molar-refractivity contribution is 5.90. The Morgan fingerprint density at radius 2 is 2.12 bits per heavy atom. The zero-order valence-electron chi connectivity index (χ0n) is 15.0. The van der Waals surface area contributed by atoms with E-state index in [-0.39, 0.29) is 6.03 Å². The van der Waals surface area contributed by atoms with Crippen molar-refractivity contribution in [2.45, 2.75) is 33.4 Å². The normalized spacial score (nSPS) is 15.8. The summed E-state index contributed by atoms with van der Waals surface area (Å²) in [4.78, 5) is 25.3. The largest absolute Gasteiger partial charge is 0.334 e. The van der Waals surface area contributed by atoms with Gasteiger partial charge in [0.05, 0.1) is 6.54 Å². The van der Waals surface area contributed by atoms with Crippen molar-refractivity contribution >= 4 is 11.7 Å². The van der Waals surface area contributed by atoms with Crippen LogP contribution in [-0.2, 0) is 13.1 Å². The number of pyridine rings is 1. The minimum atomic E-state index is -0.0359. The van der Waals surface area contributed by atoms with Gasteiger partial charge in [-0.25, -0.2) is 9.78 Å². The van der Waals surface area contributed by atoms with Crippen LogP contribution in [0.4, 0.5) is 10.5 Å². The Bertz CT molecular complexity index is 713. The van der Waals surface area contributed by atoms with E-state index in [1.807, 2.05) is 30.3 Å². The number of hydrogen-bond acceptors (Lipinski definition) is 4. The molecule has 0 atom stereocenters. The summed E-state index contributed by atoms with van der Waals surface area (Å²) in [7, 11) is 0. The number of imidazole rings is 1. The Labute approximate surface area is 148 Å². The minimum absolute atomic E-state index is 0.0359. The predicted octanol–water partition coefficient (Wildman–Crippen LogP) is 2.35. The lowest BCUT2D eigenvalue weighted by atomic mass is 10.2. The third kappa shape index (κ3) is 4.36. The van der Waals surface area contributed by atoms with Crippen molar-refractivity contribution in [2.24, 2.45) is 0 Å². The van der Waals surface area contributed by atoms with Gasteiger partial charge in [-0.05, 0) is 31.9 Å². The molecule has 2 aromatic rings. The molecule has 1 saturated heterocycles. The fraction of sp³-hybridized carbons (Fsp3) is 0.500. The molecule has 7 nitrogen and oxygen atoms in total. The maximum atomic E-state index is 12.6. The van der Waals surface area contributed by atoms with Crippen molar-refractivity contribution in [1.82, 2.24) is 24.3 Å². The maximum Gasteiger partial charge on any atom is 0.321 e. The highest BCUT2D eigenvalue weighted by atomic mass is 16.2. The molecule has 0 saturated carbocycles. The zero-order chi connectivity index (χ0) is 17.6. The van der Waals surface area contributed by atoms with Gasteiger partial charge in [0.2, 0.25) is 0 Å². The molecule has 0 spiro atoms. The topological polar surface area (TPSA) is 66.3 Å². The molecule has 0 aromatic carbocycles. The molecule has 0 unspecified atom stereocenters. The first-order chi connectivity index (χ1) is 12.2. The fourth-order valence-electron chi connectivity index (χ4n) is 3.12. The number of nitrogens with one attached hydrogen (secondary N) is 1. The first kappa shape index (κ1) is 17.4. The van der Waals surface area contributed by atoms with Gasteiger partial charge in [-0.3, -0.25) is 9.88 Å². The summed E-state index contributed by atoms with van der Waals surface area (Å²) < 4.78 is 2.17. The number of aryl methyl sites for hydroxylation is 2. The third-order valence-electron chi connectivity index (χ3n) is 4.65. The number of nitrogens with zero attached hydrogens (tertiary/aromatic N) is 5. The van der Waals surface area contributed by atoms with E-state index >= 15 is 0 Å². The molecular weight excluding hydrogens is 316 g/mol. The summed E-state index contributed by atoms with van der Waals surface area (Å²) in [6, 6.07) is 1.80. The molecule has 7 heteroatoms. The van der Waals surface area contributed by atoms with Crippen LogP contribution in [0.25, 0.3) is 0 Å². The lowest BCUT2D eigenvalue weighted by Gasteiger charge is -2.22. The Morgan fingerprint density at radius 3 is 2.92 bits per heavy atom. The molecule has 1 aliphatic heterocycles. The van der Waals surface area contributed by atoms with Gasteiger partial charge in [0, 0.05) is 63.2 Å². The molecule has 1 N–H and O–H groups in total. The molecule has 3 rings (SSSR count). The SMILES string of the molecule is CCn1ccnc1CN1CCCN(C(=O)Nc2ccncc2C)CC1.